The Morgan fingerprint density at radius 1 is 0.781 bits per heavy atom. The molecule has 0 aliphatic rings. The van der Waals surface area contributed by atoms with Crippen molar-refractivity contribution in [2.45, 2.75) is 0 Å². The van der Waals surface area contributed by atoms with Crippen molar-refractivity contribution in [3.8, 4) is 23.0 Å². The third-order valence-electron chi connectivity index (χ3n) is 4.58. The summed E-state index contributed by atoms with van der Waals surface area (Å²) in [4.78, 5) is 24.9. The number of esters is 1. The van der Waals surface area contributed by atoms with Crippen molar-refractivity contribution in [2.24, 2.45) is 0 Å². The van der Waals surface area contributed by atoms with E-state index in [1.165, 1.54) is 51.7 Å². The molecule has 0 aliphatic carbocycles. The molecule has 0 saturated carbocycles. The van der Waals surface area contributed by atoms with Crippen LogP contribution in [-0.2, 0) is 0 Å². The second kappa shape index (κ2) is 10.3. The molecule has 164 valence electrons. The molecule has 0 aromatic heterocycles. The molecule has 0 unspecified atom stereocenters. The molecule has 32 heavy (non-hydrogen) atoms. The summed E-state index contributed by atoms with van der Waals surface area (Å²) in [6, 6.07) is 15.2. The van der Waals surface area contributed by atoms with Gasteiger partial charge in [-0.2, -0.15) is 0 Å². The summed E-state index contributed by atoms with van der Waals surface area (Å²) in [5.74, 6) is -0.470. The fraction of sp³-hybridized carbons (Fsp3) is 0.120. The normalized spacial score (nSPS) is 10.6. The highest BCUT2D eigenvalue weighted by Gasteiger charge is 2.16. The van der Waals surface area contributed by atoms with Crippen LogP contribution >= 0.6 is 0 Å². The molecule has 0 heterocycles. The van der Waals surface area contributed by atoms with Gasteiger partial charge in [0.2, 0.25) is 0 Å². The summed E-state index contributed by atoms with van der Waals surface area (Å²) in [6.45, 7) is 0. The Bertz CT molecular complexity index is 1170. The third kappa shape index (κ3) is 5.13. The Hall–Kier alpha value is -4.13. The van der Waals surface area contributed by atoms with Crippen molar-refractivity contribution >= 4 is 17.8 Å². The second-order valence-electron chi connectivity index (χ2n) is 6.54. The molecular formula is C25H21FO6. The molecule has 0 aliphatic heterocycles. The van der Waals surface area contributed by atoms with Crippen LogP contribution in [0.2, 0.25) is 0 Å². The maximum Gasteiger partial charge on any atom is 0.346 e. The molecular weight excluding hydrogens is 415 g/mol. The summed E-state index contributed by atoms with van der Waals surface area (Å²) in [5.41, 5.74) is 0.796. The van der Waals surface area contributed by atoms with Gasteiger partial charge in [0.15, 0.2) is 17.3 Å². The molecule has 0 atom stereocenters. The van der Waals surface area contributed by atoms with Crippen LogP contribution < -0.4 is 18.9 Å². The zero-order valence-corrected chi connectivity index (χ0v) is 17.8. The minimum atomic E-state index is -0.843. The van der Waals surface area contributed by atoms with Gasteiger partial charge in [-0.1, -0.05) is 24.3 Å². The number of carbonyl (C=O) groups is 2. The number of benzene rings is 3. The van der Waals surface area contributed by atoms with Gasteiger partial charge in [0.05, 0.1) is 32.5 Å². The largest absolute Gasteiger partial charge is 0.497 e. The Morgan fingerprint density at radius 2 is 1.50 bits per heavy atom. The summed E-state index contributed by atoms with van der Waals surface area (Å²) in [6.07, 6.45) is 2.98. The smallest absolute Gasteiger partial charge is 0.346 e. The number of hydrogen-bond acceptors (Lipinski definition) is 6. The zero-order valence-electron chi connectivity index (χ0n) is 17.8. The molecule has 3 aromatic carbocycles. The Morgan fingerprint density at radius 3 is 2.19 bits per heavy atom. The van der Waals surface area contributed by atoms with E-state index >= 15 is 0 Å². The van der Waals surface area contributed by atoms with E-state index in [1.54, 1.807) is 42.5 Å². The van der Waals surface area contributed by atoms with Crippen LogP contribution in [0.5, 0.6) is 23.0 Å². The van der Waals surface area contributed by atoms with Crippen LogP contribution in [0.3, 0.4) is 0 Å². The monoisotopic (exact) mass is 436 g/mol. The van der Waals surface area contributed by atoms with E-state index in [-0.39, 0.29) is 22.8 Å². The first-order valence-corrected chi connectivity index (χ1v) is 9.56. The minimum Gasteiger partial charge on any atom is -0.497 e. The van der Waals surface area contributed by atoms with Gasteiger partial charge >= 0.3 is 5.97 Å². The lowest BCUT2D eigenvalue weighted by atomic mass is 10.1. The summed E-state index contributed by atoms with van der Waals surface area (Å²) >= 11 is 0. The molecule has 0 N–H and O–H groups in total. The Labute approximate surface area is 184 Å². The van der Waals surface area contributed by atoms with Crippen molar-refractivity contribution in [1.82, 2.24) is 0 Å². The molecule has 0 spiro atoms. The van der Waals surface area contributed by atoms with Crippen LogP contribution in [0, 0.1) is 5.82 Å². The number of methoxy groups -OCH3 is 3. The highest BCUT2D eigenvalue weighted by Crippen LogP contribution is 2.30. The fourth-order valence-corrected chi connectivity index (χ4v) is 2.92. The number of rotatable bonds is 8. The number of hydrogen-bond donors (Lipinski definition) is 0. The van der Waals surface area contributed by atoms with E-state index in [4.69, 9.17) is 18.9 Å². The predicted octanol–water partition coefficient (Wildman–Crippen LogP) is 4.97. The lowest BCUT2D eigenvalue weighted by Gasteiger charge is -2.10. The van der Waals surface area contributed by atoms with Crippen LogP contribution in [0.25, 0.3) is 6.08 Å². The fourth-order valence-electron chi connectivity index (χ4n) is 2.92. The number of carbonyl (C=O) groups excluding carboxylic acids is 2. The van der Waals surface area contributed by atoms with Crippen molar-refractivity contribution < 1.29 is 32.9 Å². The second-order valence-corrected chi connectivity index (χ2v) is 6.54. The summed E-state index contributed by atoms with van der Waals surface area (Å²) < 4.78 is 34.8. The van der Waals surface area contributed by atoms with Crippen LogP contribution in [-0.4, -0.2) is 33.1 Å². The van der Waals surface area contributed by atoms with Crippen molar-refractivity contribution in [3.63, 3.8) is 0 Å². The standard InChI is InChI=1S/C25H21FO6/c1-29-17-10-13-22(30-2)19(15-17)21(27)11-8-16-9-12-23(24(14-16)31-3)32-25(28)18-6-4-5-7-20(18)26/h4-15H,1-3H3/b11-8+. The van der Waals surface area contributed by atoms with Crippen LogP contribution in [0.15, 0.2) is 66.7 Å². The van der Waals surface area contributed by atoms with E-state index in [9.17, 15) is 14.0 Å². The molecule has 0 fully saturated rings. The SMILES string of the molecule is COc1ccc(OC)c(C(=O)/C=C/c2ccc(OC(=O)c3ccccc3F)c(OC)c2)c1. The van der Waals surface area contributed by atoms with E-state index in [1.807, 2.05) is 0 Å². The van der Waals surface area contributed by atoms with Crippen LogP contribution in [0.1, 0.15) is 26.3 Å². The van der Waals surface area contributed by atoms with E-state index in [0.717, 1.165) is 0 Å². The topological polar surface area (TPSA) is 71.1 Å². The average Bonchev–Trinajstić information content (AvgIpc) is 2.82. The van der Waals surface area contributed by atoms with Gasteiger partial charge < -0.3 is 18.9 Å². The van der Waals surface area contributed by atoms with Crippen molar-refractivity contribution in [2.75, 3.05) is 21.3 Å². The van der Waals surface area contributed by atoms with E-state index in [0.29, 0.717) is 22.6 Å². The van der Waals surface area contributed by atoms with Gasteiger partial charge in [-0.3, -0.25) is 4.79 Å². The molecule has 6 nitrogen and oxygen atoms in total. The summed E-state index contributed by atoms with van der Waals surface area (Å²) in [5, 5.41) is 0. The number of ether oxygens (including phenoxy) is 4. The van der Waals surface area contributed by atoms with Gasteiger partial charge in [0.25, 0.3) is 0 Å². The van der Waals surface area contributed by atoms with Gasteiger partial charge in [-0.25, -0.2) is 9.18 Å². The van der Waals surface area contributed by atoms with E-state index < -0.39 is 11.8 Å². The highest BCUT2D eigenvalue weighted by molar-refractivity contribution is 6.09. The zero-order chi connectivity index (χ0) is 23.1. The maximum absolute atomic E-state index is 13.8. The molecule has 0 bridgehead atoms. The number of allylic oxidation sites excluding steroid dienone is 1. The first-order chi connectivity index (χ1) is 15.5. The summed E-state index contributed by atoms with van der Waals surface area (Å²) in [7, 11) is 4.41. The van der Waals surface area contributed by atoms with Gasteiger partial charge in [0, 0.05) is 0 Å². The van der Waals surface area contributed by atoms with Crippen LogP contribution in [0.4, 0.5) is 4.39 Å². The average molecular weight is 436 g/mol. The number of ketones is 1. The van der Waals surface area contributed by atoms with Crippen molar-refractivity contribution in [3.05, 3.63) is 89.2 Å². The van der Waals surface area contributed by atoms with Gasteiger partial charge in [-0.15, -0.1) is 0 Å². The van der Waals surface area contributed by atoms with Gasteiger partial charge in [-0.05, 0) is 54.1 Å². The molecule has 0 radical (unpaired) electrons. The molecule has 3 rings (SSSR count). The Balaban J connectivity index is 1.80. The quantitative estimate of drug-likeness (QED) is 0.215. The first kappa shape index (κ1) is 22.6. The number of halogens is 1. The third-order valence-corrected chi connectivity index (χ3v) is 4.58. The molecule has 0 saturated heterocycles. The Kier molecular flexibility index (Phi) is 7.23. The van der Waals surface area contributed by atoms with Gasteiger partial charge in [0.1, 0.15) is 17.3 Å². The molecule has 3 aromatic rings. The minimum absolute atomic E-state index is 0.124. The van der Waals surface area contributed by atoms with E-state index in [2.05, 4.69) is 0 Å². The van der Waals surface area contributed by atoms with Crippen molar-refractivity contribution in [1.29, 1.82) is 0 Å². The lowest BCUT2D eigenvalue weighted by Crippen LogP contribution is -2.11. The maximum atomic E-state index is 13.8. The highest BCUT2D eigenvalue weighted by atomic mass is 19.1. The first-order valence-electron chi connectivity index (χ1n) is 9.56. The lowest BCUT2D eigenvalue weighted by molar-refractivity contribution is 0.0724. The molecule has 0 amide bonds. The predicted molar refractivity (Wildman–Crippen MR) is 117 cm³/mol. The molecule has 7 heteroatoms.